The van der Waals surface area contributed by atoms with Crippen LogP contribution in [0.25, 0.3) is 12.2 Å². The van der Waals surface area contributed by atoms with E-state index < -0.39 is 9.84 Å². The van der Waals surface area contributed by atoms with E-state index in [-0.39, 0.29) is 12.1 Å². The molecule has 1 heterocycles. The average Bonchev–Trinajstić information content (AvgIpc) is 2.73. The fourth-order valence-electron chi connectivity index (χ4n) is 3.30. The van der Waals surface area contributed by atoms with E-state index in [2.05, 4.69) is 35.7 Å². The Morgan fingerprint density at radius 1 is 1.00 bits per heavy atom. The second-order valence-electron chi connectivity index (χ2n) is 7.64. The Bertz CT molecular complexity index is 1030. The molecule has 0 aliphatic carbocycles. The summed E-state index contributed by atoms with van der Waals surface area (Å²) in [6, 6.07) is 15.1. The third-order valence-electron chi connectivity index (χ3n) is 5.10. The van der Waals surface area contributed by atoms with E-state index in [0.717, 1.165) is 42.7 Å². The summed E-state index contributed by atoms with van der Waals surface area (Å²) in [5, 5.41) is 0. The molecular formula is C24H27NO4S. The molecule has 0 amide bonds. The number of nitrogens with zero attached hydrogens (tertiary/aromatic N) is 1. The number of carbonyl (C=O) groups is 1. The predicted octanol–water partition coefficient (Wildman–Crippen LogP) is 4.35. The van der Waals surface area contributed by atoms with E-state index in [1.54, 1.807) is 31.2 Å². The summed E-state index contributed by atoms with van der Waals surface area (Å²) in [7, 11) is -3.17. The summed E-state index contributed by atoms with van der Waals surface area (Å²) < 4.78 is 28.5. The second-order valence-corrected chi connectivity index (χ2v) is 9.65. The molecule has 2 aromatic rings. The molecule has 1 saturated heterocycles. The number of piperidine rings is 1. The Morgan fingerprint density at radius 3 is 1.97 bits per heavy atom. The first-order valence-electron chi connectivity index (χ1n) is 9.92. The smallest absolute Gasteiger partial charge is 0.333 e. The largest absolute Gasteiger partial charge is 0.459 e. The quantitative estimate of drug-likeness (QED) is 0.391. The molecule has 6 heteroatoms. The predicted molar refractivity (Wildman–Crippen MR) is 121 cm³/mol. The highest BCUT2D eigenvalue weighted by Crippen LogP contribution is 2.23. The van der Waals surface area contributed by atoms with Crippen LogP contribution in [0.3, 0.4) is 0 Å². The monoisotopic (exact) mass is 425 g/mol. The topological polar surface area (TPSA) is 63.7 Å². The van der Waals surface area contributed by atoms with Crippen LogP contribution >= 0.6 is 0 Å². The Kier molecular flexibility index (Phi) is 6.77. The first-order chi connectivity index (χ1) is 14.2. The van der Waals surface area contributed by atoms with Crippen molar-refractivity contribution in [3.05, 3.63) is 71.8 Å². The van der Waals surface area contributed by atoms with Gasteiger partial charge in [-0.15, -0.1) is 0 Å². The highest BCUT2D eigenvalue weighted by molar-refractivity contribution is 7.90. The summed E-state index contributed by atoms with van der Waals surface area (Å²) in [6.07, 6.45) is 6.75. The number of hydrogen-bond donors (Lipinski definition) is 0. The maximum absolute atomic E-state index is 11.7. The normalized spacial score (nSPS) is 15.3. The number of rotatable bonds is 6. The Morgan fingerprint density at radius 2 is 1.50 bits per heavy atom. The van der Waals surface area contributed by atoms with Crippen molar-refractivity contribution < 1.29 is 17.9 Å². The second kappa shape index (κ2) is 9.30. The highest BCUT2D eigenvalue weighted by atomic mass is 32.2. The van der Waals surface area contributed by atoms with Gasteiger partial charge in [-0.25, -0.2) is 13.2 Å². The first-order valence-corrected chi connectivity index (χ1v) is 11.8. The van der Waals surface area contributed by atoms with E-state index in [1.807, 2.05) is 12.2 Å². The SMILES string of the molecule is C=C(C)C(=O)OC1CCN(c2ccc(/C=C/c3ccc(S(C)(=O)=O)cc3)cc2)CC1. The lowest BCUT2D eigenvalue weighted by Crippen LogP contribution is -2.37. The summed E-state index contributed by atoms with van der Waals surface area (Å²) in [6.45, 7) is 6.98. The van der Waals surface area contributed by atoms with Crippen molar-refractivity contribution in [2.45, 2.75) is 30.8 Å². The third-order valence-corrected chi connectivity index (χ3v) is 6.23. The number of esters is 1. The number of benzene rings is 2. The van der Waals surface area contributed by atoms with Gasteiger partial charge in [-0.05, 0) is 42.3 Å². The minimum Gasteiger partial charge on any atom is -0.459 e. The van der Waals surface area contributed by atoms with E-state index >= 15 is 0 Å². The summed E-state index contributed by atoms with van der Waals surface area (Å²) >= 11 is 0. The molecule has 0 aromatic heterocycles. The van der Waals surface area contributed by atoms with Crippen molar-refractivity contribution in [1.29, 1.82) is 0 Å². The molecule has 5 nitrogen and oxygen atoms in total. The van der Waals surface area contributed by atoms with Crippen molar-refractivity contribution in [1.82, 2.24) is 0 Å². The van der Waals surface area contributed by atoms with Gasteiger partial charge < -0.3 is 9.64 Å². The van der Waals surface area contributed by atoms with Crippen molar-refractivity contribution in [2.75, 3.05) is 24.2 Å². The lowest BCUT2D eigenvalue weighted by molar-refractivity contribution is -0.145. The number of sulfone groups is 1. The van der Waals surface area contributed by atoms with Crippen LogP contribution in [0, 0.1) is 0 Å². The lowest BCUT2D eigenvalue weighted by atomic mass is 10.1. The molecule has 0 saturated carbocycles. The molecule has 0 unspecified atom stereocenters. The first kappa shape index (κ1) is 21.8. The molecule has 0 atom stereocenters. The van der Waals surface area contributed by atoms with Gasteiger partial charge in [0.1, 0.15) is 6.10 Å². The Hall–Kier alpha value is -2.86. The van der Waals surface area contributed by atoms with Gasteiger partial charge >= 0.3 is 5.97 Å². The molecule has 0 radical (unpaired) electrons. The molecule has 2 aromatic carbocycles. The minimum absolute atomic E-state index is 0.0401. The van der Waals surface area contributed by atoms with Crippen LogP contribution in [-0.4, -0.2) is 39.8 Å². The standard InChI is InChI=1S/C24H27NO4S/c1-18(2)24(26)29-22-14-16-25(17-15-22)21-10-6-19(7-11-21)4-5-20-8-12-23(13-9-20)30(3,27)28/h4-13,22H,1,14-17H2,2-3H3/b5-4+. The van der Waals surface area contributed by atoms with Gasteiger partial charge in [-0.3, -0.25) is 0 Å². The fraction of sp³-hybridized carbons (Fsp3) is 0.292. The van der Waals surface area contributed by atoms with Gasteiger partial charge in [0, 0.05) is 43.4 Å². The van der Waals surface area contributed by atoms with Gasteiger partial charge in [-0.2, -0.15) is 0 Å². The van der Waals surface area contributed by atoms with Crippen LogP contribution in [0.4, 0.5) is 5.69 Å². The van der Waals surface area contributed by atoms with Crippen LogP contribution in [0.15, 0.2) is 65.6 Å². The number of anilines is 1. The Labute approximate surface area is 178 Å². The zero-order chi connectivity index (χ0) is 21.7. The summed E-state index contributed by atoms with van der Waals surface area (Å²) in [4.78, 5) is 14.3. The summed E-state index contributed by atoms with van der Waals surface area (Å²) in [5.41, 5.74) is 3.59. The van der Waals surface area contributed by atoms with Gasteiger partial charge in [0.15, 0.2) is 9.84 Å². The number of ether oxygens (including phenoxy) is 1. The van der Waals surface area contributed by atoms with Crippen LogP contribution < -0.4 is 4.90 Å². The molecule has 0 N–H and O–H groups in total. The molecule has 1 aliphatic heterocycles. The number of hydrogen-bond acceptors (Lipinski definition) is 5. The average molecular weight is 426 g/mol. The van der Waals surface area contributed by atoms with Gasteiger partial charge in [-0.1, -0.05) is 43.0 Å². The fourth-order valence-corrected chi connectivity index (χ4v) is 3.93. The minimum atomic E-state index is -3.17. The molecule has 0 bridgehead atoms. The van der Waals surface area contributed by atoms with Crippen LogP contribution in [0.1, 0.15) is 30.9 Å². The molecule has 158 valence electrons. The van der Waals surface area contributed by atoms with Gasteiger partial charge in [0.2, 0.25) is 0 Å². The van der Waals surface area contributed by atoms with E-state index in [4.69, 9.17) is 4.74 Å². The summed E-state index contributed by atoms with van der Waals surface area (Å²) in [5.74, 6) is -0.310. The maximum atomic E-state index is 11.7. The van der Waals surface area contributed by atoms with Crippen molar-refractivity contribution in [3.63, 3.8) is 0 Å². The van der Waals surface area contributed by atoms with E-state index in [9.17, 15) is 13.2 Å². The zero-order valence-electron chi connectivity index (χ0n) is 17.4. The molecule has 1 aliphatic rings. The van der Waals surface area contributed by atoms with Crippen LogP contribution in [0.2, 0.25) is 0 Å². The van der Waals surface area contributed by atoms with Crippen molar-refractivity contribution >= 4 is 33.6 Å². The molecular weight excluding hydrogens is 398 g/mol. The van der Waals surface area contributed by atoms with Gasteiger partial charge in [0.25, 0.3) is 0 Å². The van der Waals surface area contributed by atoms with Crippen LogP contribution in [-0.2, 0) is 19.4 Å². The van der Waals surface area contributed by atoms with Crippen LogP contribution in [0.5, 0.6) is 0 Å². The van der Waals surface area contributed by atoms with Gasteiger partial charge in [0.05, 0.1) is 4.90 Å². The lowest BCUT2D eigenvalue weighted by Gasteiger charge is -2.33. The Balaban J connectivity index is 1.56. The maximum Gasteiger partial charge on any atom is 0.333 e. The third kappa shape index (κ3) is 5.83. The van der Waals surface area contributed by atoms with E-state index in [1.165, 1.54) is 6.26 Å². The molecule has 3 rings (SSSR count). The van der Waals surface area contributed by atoms with Crippen molar-refractivity contribution in [2.24, 2.45) is 0 Å². The molecule has 0 spiro atoms. The molecule has 30 heavy (non-hydrogen) atoms. The van der Waals surface area contributed by atoms with Crippen molar-refractivity contribution in [3.8, 4) is 0 Å². The van der Waals surface area contributed by atoms with E-state index in [0.29, 0.717) is 10.5 Å². The molecule has 1 fully saturated rings. The zero-order valence-corrected chi connectivity index (χ0v) is 18.2. The highest BCUT2D eigenvalue weighted by Gasteiger charge is 2.22. The number of carbonyl (C=O) groups excluding carboxylic acids is 1.